The van der Waals surface area contributed by atoms with Gasteiger partial charge in [-0.25, -0.2) is 0 Å². The third-order valence-electron chi connectivity index (χ3n) is 1.93. The minimum Gasteiger partial charge on any atom is -0.412 e. The zero-order valence-corrected chi connectivity index (χ0v) is 14.5. The van der Waals surface area contributed by atoms with Crippen LogP contribution in [0.4, 0.5) is 0 Å². The molecule has 0 bridgehead atoms. The molecule has 0 radical (unpaired) electrons. The molecule has 0 saturated carbocycles. The van der Waals surface area contributed by atoms with E-state index in [1.165, 1.54) is 6.42 Å². The van der Waals surface area contributed by atoms with Gasteiger partial charge in [0.1, 0.15) is 6.29 Å². The molecule has 0 aromatic carbocycles. The average molecular weight is 278 g/mol. The Balaban J connectivity index is -0.000000106. The van der Waals surface area contributed by atoms with Gasteiger partial charge in [-0.2, -0.15) is 0 Å². The predicted octanol–water partition coefficient (Wildman–Crippen LogP) is 4.16. The summed E-state index contributed by atoms with van der Waals surface area (Å²) in [5, 5.41) is 8.52. The summed E-state index contributed by atoms with van der Waals surface area (Å²) >= 11 is 0. The Kier molecular flexibility index (Phi) is 22.3. The first-order chi connectivity index (χ1) is 8.10. The van der Waals surface area contributed by atoms with Crippen molar-refractivity contribution in [1.82, 2.24) is 0 Å². The van der Waals surface area contributed by atoms with Gasteiger partial charge in [-0.1, -0.05) is 53.9 Å². The van der Waals surface area contributed by atoms with Gasteiger partial charge in [-0.05, 0) is 33.6 Å². The van der Waals surface area contributed by atoms with Crippen molar-refractivity contribution in [2.75, 3.05) is 0 Å². The van der Waals surface area contributed by atoms with Gasteiger partial charge in [0, 0.05) is 5.41 Å². The Hall–Kier alpha value is -0.410. The monoisotopic (exact) mass is 278 g/mol. The molecule has 0 aliphatic heterocycles. The first-order valence-electron chi connectivity index (χ1n) is 7.28. The SMILES string of the molecule is CC(C)(C)O.CCC.CCCC(C)(C=O)CCC.O. The highest BCUT2D eigenvalue weighted by molar-refractivity contribution is 5.58. The molecule has 0 heterocycles. The number of rotatable bonds is 5. The summed E-state index contributed by atoms with van der Waals surface area (Å²) in [7, 11) is 0. The molecular weight excluding hydrogens is 240 g/mol. The van der Waals surface area contributed by atoms with Gasteiger partial charge in [0.25, 0.3) is 0 Å². The normalized spacial score (nSPS) is 10.2. The molecule has 0 aliphatic carbocycles. The molecule has 0 aromatic rings. The zero-order chi connectivity index (χ0) is 15.2. The molecule has 3 nitrogen and oxygen atoms in total. The molecule has 0 saturated heterocycles. The third kappa shape index (κ3) is 38.1. The number of carbonyl (C=O) groups excluding carboxylic acids is 1. The number of aldehydes is 1. The van der Waals surface area contributed by atoms with Crippen molar-refractivity contribution >= 4 is 6.29 Å². The van der Waals surface area contributed by atoms with Crippen LogP contribution in [0.1, 0.15) is 87.5 Å². The molecule has 3 N–H and O–H groups in total. The minimum absolute atomic E-state index is 0. The predicted molar refractivity (Wildman–Crippen MR) is 85.5 cm³/mol. The summed E-state index contributed by atoms with van der Waals surface area (Å²) in [6.07, 6.45) is 6.64. The molecule has 0 atom stereocenters. The molecular formula is C16H38O3. The summed E-state index contributed by atoms with van der Waals surface area (Å²) in [4.78, 5) is 10.6. The maximum absolute atomic E-state index is 10.6. The van der Waals surface area contributed by atoms with Crippen LogP contribution in [0.2, 0.25) is 0 Å². The van der Waals surface area contributed by atoms with Crippen LogP contribution in [-0.4, -0.2) is 22.5 Å². The van der Waals surface area contributed by atoms with E-state index in [-0.39, 0.29) is 10.9 Å². The molecule has 0 unspecified atom stereocenters. The summed E-state index contributed by atoms with van der Waals surface area (Å²) in [6.45, 7) is 15.8. The minimum atomic E-state index is -0.500. The van der Waals surface area contributed by atoms with Crippen LogP contribution in [0.3, 0.4) is 0 Å². The van der Waals surface area contributed by atoms with Crippen molar-refractivity contribution in [3.05, 3.63) is 0 Å². The fraction of sp³-hybridized carbons (Fsp3) is 0.938. The van der Waals surface area contributed by atoms with Gasteiger partial charge in [0.15, 0.2) is 0 Å². The standard InChI is InChI=1S/C9H18O.C4H10O.C3H8.H2O/c1-4-6-9(3,8-10)7-5-2;1-4(2,3)5;1-3-2;/h8H,4-7H2,1-3H3;5H,1-3H3;3H2,1-2H3;1H2. The second-order valence-corrected chi connectivity index (χ2v) is 6.15. The van der Waals surface area contributed by atoms with E-state index < -0.39 is 5.60 Å². The zero-order valence-electron chi connectivity index (χ0n) is 14.5. The maximum Gasteiger partial charge on any atom is 0.125 e. The van der Waals surface area contributed by atoms with E-state index in [4.69, 9.17) is 5.11 Å². The van der Waals surface area contributed by atoms with Gasteiger partial charge in [-0.15, -0.1) is 0 Å². The van der Waals surface area contributed by atoms with E-state index in [2.05, 4.69) is 27.7 Å². The summed E-state index contributed by atoms with van der Waals surface area (Å²) in [5.74, 6) is 0. The molecule has 0 fully saturated rings. The summed E-state index contributed by atoms with van der Waals surface area (Å²) < 4.78 is 0. The molecule has 0 amide bonds. The van der Waals surface area contributed by atoms with Crippen LogP contribution in [0.25, 0.3) is 0 Å². The van der Waals surface area contributed by atoms with Crippen LogP contribution >= 0.6 is 0 Å². The summed E-state index contributed by atoms with van der Waals surface area (Å²) in [6, 6.07) is 0. The molecule has 0 rings (SSSR count). The molecule has 120 valence electrons. The first-order valence-corrected chi connectivity index (χ1v) is 7.28. The van der Waals surface area contributed by atoms with Crippen molar-refractivity contribution in [2.45, 2.75) is 93.1 Å². The number of hydrogen-bond donors (Lipinski definition) is 1. The second-order valence-electron chi connectivity index (χ2n) is 6.15. The molecule has 0 aliphatic rings. The highest BCUT2D eigenvalue weighted by Crippen LogP contribution is 2.25. The lowest BCUT2D eigenvalue weighted by Gasteiger charge is -2.20. The topological polar surface area (TPSA) is 68.8 Å². The lowest BCUT2D eigenvalue weighted by atomic mass is 9.83. The third-order valence-corrected chi connectivity index (χ3v) is 1.93. The van der Waals surface area contributed by atoms with Crippen LogP contribution in [0.15, 0.2) is 0 Å². The van der Waals surface area contributed by atoms with Crippen LogP contribution in [0.5, 0.6) is 0 Å². The van der Waals surface area contributed by atoms with Crippen molar-refractivity contribution in [3.63, 3.8) is 0 Å². The van der Waals surface area contributed by atoms with E-state index >= 15 is 0 Å². The number of hydrogen-bond acceptors (Lipinski definition) is 2. The van der Waals surface area contributed by atoms with E-state index in [1.54, 1.807) is 20.8 Å². The van der Waals surface area contributed by atoms with Crippen molar-refractivity contribution in [3.8, 4) is 0 Å². The second kappa shape index (κ2) is 15.6. The van der Waals surface area contributed by atoms with E-state index in [0.29, 0.717) is 0 Å². The van der Waals surface area contributed by atoms with Gasteiger partial charge in [0.2, 0.25) is 0 Å². The Labute approximate surface area is 121 Å². The van der Waals surface area contributed by atoms with E-state index in [1.807, 2.05) is 6.92 Å². The highest BCUT2D eigenvalue weighted by atomic mass is 16.3. The first kappa shape index (κ1) is 27.0. The largest absolute Gasteiger partial charge is 0.412 e. The van der Waals surface area contributed by atoms with Crippen LogP contribution in [-0.2, 0) is 4.79 Å². The van der Waals surface area contributed by atoms with Crippen LogP contribution in [0, 0.1) is 5.41 Å². The quantitative estimate of drug-likeness (QED) is 0.767. The van der Waals surface area contributed by atoms with Gasteiger partial charge >= 0.3 is 0 Å². The summed E-state index contributed by atoms with van der Waals surface area (Å²) in [5.41, 5.74) is -0.538. The smallest absolute Gasteiger partial charge is 0.125 e. The van der Waals surface area contributed by atoms with Crippen molar-refractivity contribution in [2.24, 2.45) is 5.41 Å². The Morgan fingerprint density at radius 2 is 1.11 bits per heavy atom. The average Bonchev–Trinajstić information content (AvgIpc) is 2.17. The highest BCUT2D eigenvalue weighted by Gasteiger charge is 2.20. The Morgan fingerprint density at radius 3 is 1.21 bits per heavy atom. The lowest BCUT2D eigenvalue weighted by molar-refractivity contribution is -0.116. The Morgan fingerprint density at radius 1 is 0.895 bits per heavy atom. The molecule has 0 aromatic heterocycles. The number of carbonyl (C=O) groups is 1. The Bertz CT molecular complexity index is 159. The van der Waals surface area contributed by atoms with Crippen LogP contribution < -0.4 is 0 Å². The van der Waals surface area contributed by atoms with E-state index in [9.17, 15) is 4.79 Å². The van der Waals surface area contributed by atoms with Gasteiger partial charge in [-0.3, -0.25) is 0 Å². The fourth-order valence-corrected chi connectivity index (χ4v) is 1.39. The van der Waals surface area contributed by atoms with E-state index in [0.717, 1.165) is 32.0 Å². The van der Waals surface area contributed by atoms with Crippen molar-refractivity contribution < 1.29 is 15.4 Å². The number of aliphatic hydroxyl groups is 1. The van der Waals surface area contributed by atoms with Gasteiger partial charge in [0.05, 0.1) is 5.60 Å². The molecule has 19 heavy (non-hydrogen) atoms. The van der Waals surface area contributed by atoms with Gasteiger partial charge < -0.3 is 15.4 Å². The maximum atomic E-state index is 10.6. The molecule has 3 heteroatoms. The van der Waals surface area contributed by atoms with Crippen molar-refractivity contribution in [1.29, 1.82) is 0 Å². The lowest BCUT2D eigenvalue weighted by Crippen LogP contribution is -2.17. The molecule has 0 spiro atoms. The fourth-order valence-electron chi connectivity index (χ4n) is 1.39.